The largest absolute Gasteiger partial charge is 0.482 e. The number of aromatic nitrogens is 2. The number of amides is 1. The normalized spacial score (nSPS) is 21.0. The first-order chi connectivity index (χ1) is 10.5. The maximum atomic E-state index is 12.4. The van der Waals surface area contributed by atoms with E-state index in [0.717, 1.165) is 0 Å². The van der Waals surface area contributed by atoms with E-state index in [0.29, 0.717) is 19.0 Å². The van der Waals surface area contributed by atoms with Crippen LogP contribution in [0.3, 0.4) is 0 Å². The first-order valence-electron chi connectivity index (χ1n) is 6.80. The Hall–Kier alpha value is -1.99. The summed E-state index contributed by atoms with van der Waals surface area (Å²) < 4.78 is 18.1. The van der Waals surface area contributed by atoms with Gasteiger partial charge in [0.15, 0.2) is 16.7 Å². The lowest BCUT2D eigenvalue weighted by Crippen LogP contribution is -2.46. The smallest absolute Gasteiger partial charge is 0.289 e. The van der Waals surface area contributed by atoms with Crippen LogP contribution in [0, 0.1) is 0 Å². The number of aryl methyl sites for hydroxylation is 1. The van der Waals surface area contributed by atoms with Crippen molar-refractivity contribution in [3.63, 3.8) is 0 Å². The number of hydrogen-bond acceptors (Lipinski definition) is 5. The van der Waals surface area contributed by atoms with Gasteiger partial charge in [-0.2, -0.15) is 5.10 Å². The molecule has 1 aliphatic heterocycles. The molecule has 1 fully saturated rings. The van der Waals surface area contributed by atoms with Crippen molar-refractivity contribution in [1.29, 1.82) is 0 Å². The fourth-order valence-corrected chi connectivity index (χ4v) is 2.53. The quantitative estimate of drug-likeness (QED) is 0.853. The van der Waals surface area contributed by atoms with Crippen molar-refractivity contribution < 1.29 is 18.7 Å². The summed E-state index contributed by atoms with van der Waals surface area (Å²) in [5.74, 6) is 0.576. The average molecular weight is 326 g/mol. The molecule has 2 aromatic heterocycles. The van der Waals surface area contributed by atoms with Crippen LogP contribution in [0.1, 0.15) is 10.6 Å². The Morgan fingerprint density at radius 1 is 1.50 bits per heavy atom. The summed E-state index contributed by atoms with van der Waals surface area (Å²) in [6.45, 7) is 0.817. The molecular weight excluding hydrogens is 310 g/mol. The predicted molar refractivity (Wildman–Crippen MR) is 78.0 cm³/mol. The second kappa shape index (κ2) is 6.02. The van der Waals surface area contributed by atoms with Crippen LogP contribution in [0.5, 0.6) is 5.75 Å². The van der Waals surface area contributed by atoms with Gasteiger partial charge in [0.25, 0.3) is 5.91 Å². The van der Waals surface area contributed by atoms with Gasteiger partial charge >= 0.3 is 0 Å². The van der Waals surface area contributed by atoms with E-state index in [1.165, 1.54) is 6.07 Å². The number of rotatable bonds is 4. The highest BCUT2D eigenvalue weighted by atomic mass is 35.5. The molecule has 0 unspecified atom stereocenters. The summed E-state index contributed by atoms with van der Waals surface area (Å²) in [6.07, 6.45) is 3.14. The Morgan fingerprint density at radius 3 is 2.95 bits per heavy atom. The standard InChI is InChI=1S/C14H16ClN3O4/c1-17-6-9(5-16-17)21-12-8-20-7-10(12)18(2)14(19)11-3-4-13(15)22-11/h3-6,10,12H,7-8H2,1-2H3/t10-,12+/m0/s1. The van der Waals surface area contributed by atoms with Gasteiger partial charge in [-0.1, -0.05) is 0 Å². The van der Waals surface area contributed by atoms with Crippen molar-refractivity contribution in [2.45, 2.75) is 12.1 Å². The predicted octanol–water partition coefficient (Wildman–Crippen LogP) is 1.58. The minimum absolute atomic E-state index is 0.183. The van der Waals surface area contributed by atoms with Gasteiger partial charge in [0, 0.05) is 14.1 Å². The highest BCUT2D eigenvalue weighted by Crippen LogP contribution is 2.22. The van der Waals surface area contributed by atoms with Crippen molar-refractivity contribution in [2.24, 2.45) is 7.05 Å². The first-order valence-corrected chi connectivity index (χ1v) is 7.18. The molecule has 0 aliphatic carbocycles. The molecule has 0 aromatic carbocycles. The molecule has 2 atom stereocenters. The Kier molecular flexibility index (Phi) is 4.08. The Bertz CT molecular complexity index is 669. The SMILES string of the molecule is CN(C(=O)c1ccc(Cl)o1)[C@H]1COC[C@H]1Oc1cnn(C)c1. The van der Waals surface area contributed by atoms with Gasteiger partial charge in [-0.15, -0.1) is 0 Å². The summed E-state index contributed by atoms with van der Waals surface area (Å²) in [4.78, 5) is 14.0. The summed E-state index contributed by atoms with van der Waals surface area (Å²) in [7, 11) is 3.50. The third-order valence-corrected chi connectivity index (χ3v) is 3.77. The lowest BCUT2D eigenvalue weighted by Gasteiger charge is -2.27. The lowest BCUT2D eigenvalue weighted by atomic mass is 10.2. The monoisotopic (exact) mass is 325 g/mol. The first kappa shape index (κ1) is 14.9. The minimum Gasteiger partial charge on any atom is -0.482 e. The molecule has 3 rings (SSSR count). The number of ether oxygens (including phenoxy) is 2. The van der Waals surface area contributed by atoms with E-state index in [9.17, 15) is 4.79 Å². The Balaban J connectivity index is 1.70. The van der Waals surface area contributed by atoms with Crippen molar-refractivity contribution in [3.8, 4) is 5.75 Å². The van der Waals surface area contributed by atoms with Gasteiger partial charge in [-0.3, -0.25) is 9.48 Å². The van der Waals surface area contributed by atoms with Crippen LogP contribution in [0.4, 0.5) is 0 Å². The van der Waals surface area contributed by atoms with E-state index in [1.807, 2.05) is 7.05 Å². The number of hydrogen-bond donors (Lipinski definition) is 0. The molecule has 0 saturated carbocycles. The fourth-order valence-electron chi connectivity index (χ4n) is 2.39. The van der Waals surface area contributed by atoms with Crippen LogP contribution < -0.4 is 4.74 Å². The second-order valence-corrected chi connectivity index (χ2v) is 5.50. The number of carbonyl (C=O) groups excluding carboxylic acids is 1. The van der Waals surface area contributed by atoms with E-state index in [-0.39, 0.29) is 29.0 Å². The molecule has 118 valence electrons. The van der Waals surface area contributed by atoms with Gasteiger partial charge in [-0.25, -0.2) is 0 Å². The van der Waals surface area contributed by atoms with E-state index in [4.69, 9.17) is 25.5 Å². The van der Waals surface area contributed by atoms with Crippen LogP contribution in [-0.4, -0.2) is 53.0 Å². The summed E-state index contributed by atoms with van der Waals surface area (Å²) >= 11 is 5.71. The number of nitrogens with zero attached hydrogens (tertiary/aromatic N) is 3. The zero-order chi connectivity index (χ0) is 15.7. The second-order valence-electron chi connectivity index (χ2n) is 5.13. The van der Waals surface area contributed by atoms with Crippen LogP contribution >= 0.6 is 11.6 Å². The minimum atomic E-state index is -0.262. The van der Waals surface area contributed by atoms with E-state index in [1.54, 1.807) is 35.1 Å². The molecule has 0 bridgehead atoms. The van der Waals surface area contributed by atoms with Crippen LogP contribution in [0.25, 0.3) is 0 Å². The molecule has 7 nitrogen and oxygen atoms in total. The van der Waals surface area contributed by atoms with Gasteiger partial charge in [-0.05, 0) is 23.7 Å². The molecule has 0 radical (unpaired) electrons. The zero-order valence-electron chi connectivity index (χ0n) is 12.2. The molecule has 22 heavy (non-hydrogen) atoms. The van der Waals surface area contributed by atoms with Crippen molar-refractivity contribution in [3.05, 3.63) is 35.5 Å². The van der Waals surface area contributed by atoms with Gasteiger partial charge in [0.1, 0.15) is 6.10 Å². The van der Waals surface area contributed by atoms with Gasteiger partial charge < -0.3 is 18.8 Å². The van der Waals surface area contributed by atoms with Crippen molar-refractivity contribution >= 4 is 17.5 Å². The molecule has 3 heterocycles. The number of furan rings is 1. The van der Waals surface area contributed by atoms with Crippen LogP contribution in [0.15, 0.2) is 28.9 Å². The maximum Gasteiger partial charge on any atom is 0.289 e. The molecule has 0 spiro atoms. The van der Waals surface area contributed by atoms with Crippen LogP contribution in [0.2, 0.25) is 5.22 Å². The van der Waals surface area contributed by atoms with Crippen molar-refractivity contribution in [2.75, 3.05) is 20.3 Å². The van der Waals surface area contributed by atoms with E-state index >= 15 is 0 Å². The van der Waals surface area contributed by atoms with Gasteiger partial charge in [0.05, 0.1) is 31.6 Å². The maximum absolute atomic E-state index is 12.4. The van der Waals surface area contributed by atoms with Crippen LogP contribution in [-0.2, 0) is 11.8 Å². The summed E-state index contributed by atoms with van der Waals surface area (Å²) in [5.41, 5.74) is 0. The molecule has 1 amide bonds. The topological polar surface area (TPSA) is 69.7 Å². The zero-order valence-corrected chi connectivity index (χ0v) is 13.0. The molecule has 0 N–H and O–H groups in total. The number of halogens is 1. The molecule has 1 saturated heterocycles. The Morgan fingerprint density at radius 2 is 2.32 bits per heavy atom. The summed E-state index contributed by atoms with van der Waals surface area (Å²) in [5, 5.41) is 4.24. The molecule has 8 heteroatoms. The molecule has 2 aromatic rings. The van der Waals surface area contributed by atoms with E-state index < -0.39 is 0 Å². The van der Waals surface area contributed by atoms with Crippen molar-refractivity contribution in [1.82, 2.24) is 14.7 Å². The fraction of sp³-hybridized carbons (Fsp3) is 0.429. The summed E-state index contributed by atoms with van der Waals surface area (Å²) in [6, 6.07) is 2.88. The van der Waals surface area contributed by atoms with E-state index in [2.05, 4.69) is 5.10 Å². The highest BCUT2D eigenvalue weighted by molar-refractivity contribution is 6.29. The third kappa shape index (κ3) is 2.95. The number of likely N-dealkylation sites (N-methyl/N-ethyl adjacent to an activating group) is 1. The lowest BCUT2D eigenvalue weighted by molar-refractivity contribution is 0.0591. The highest BCUT2D eigenvalue weighted by Gasteiger charge is 2.36. The van der Waals surface area contributed by atoms with Gasteiger partial charge in [0.2, 0.25) is 0 Å². The third-order valence-electron chi connectivity index (χ3n) is 3.57. The average Bonchev–Trinajstić information content (AvgIpc) is 3.20. The molecule has 1 aliphatic rings. The Labute approximate surface area is 132 Å². The molecular formula is C14H16ClN3O4. The number of carbonyl (C=O) groups is 1.